The summed E-state index contributed by atoms with van der Waals surface area (Å²) >= 11 is 6.21. The minimum atomic E-state index is -0.641. The van der Waals surface area contributed by atoms with Gasteiger partial charge in [-0.15, -0.1) is 0 Å². The first-order valence-electron chi connectivity index (χ1n) is 11.0. The van der Waals surface area contributed by atoms with Gasteiger partial charge in [-0.25, -0.2) is 0 Å². The highest BCUT2D eigenvalue weighted by Gasteiger charge is 2.26. The van der Waals surface area contributed by atoms with Gasteiger partial charge in [-0.05, 0) is 48.2 Å². The minimum Gasteiger partial charge on any atom is -0.497 e. The molecule has 2 amide bonds. The number of rotatable bonds is 10. The number of benzene rings is 3. The van der Waals surface area contributed by atoms with Crippen LogP contribution in [0.4, 0.5) is 0 Å². The molecule has 0 saturated heterocycles. The largest absolute Gasteiger partial charge is 0.497 e. The Morgan fingerprint density at radius 3 is 2.27 bits per heavy atom. The lowest BCUT2D eigenvalue weighted by atomic mass is 10.1. The molecule has 5 nitrogen and oxygen atoms in total. The van der Waals surface area contributed by atoms with Gasteiger partial charge in [0, 0.05) is 24.5 Å². The first kappa shape index (κ1) is 24.3. The van der Waals surface area contributed by atoms with Crippen molar-refractivity contribution in [3.8, 4) is 5.75 Å². The van der Waals surface area contributed by atoms with E-state index < -0.39 is 6.04 Å². The van der Waals surface area contributed by atoms with Gasteiger partial charge in [0.1, 0.15) is 11.8 Å². The number of aryl methyl sites for hydroxylation is 1. The summed E-state index contributed by atoms with van der Waals surface area (Å²) in [5, 5.41) is 3.51. The Morgan fingerprint density at radius 1 is 0.939 bits per heavy atom. The van der Waals surface area contributed by atoms with Crippen molar-refractivity contribution in [3.63, 3.8) is 0 Å². The van der Waals surface area contributed by atoms with Crippen LogP contribution in [0.1, 0.15) is 30.0 Å². The van der Waals surface area contributed by atoms with Crippen LogP contribution in [-0.4, -0.2) is 29.9 Å². The minimum absolute atomic E-state index is 0.0740. The third-order valence-electron chi connectivity index (χ3n) is 5.56. The van der Waals surface area contributed by atoms with Gasteiger partial charge in [0.2, 0.25) is 11.8 Å². The molecule has 3 aromatic rings. The summed E-state index contributed by atoms with van der Waals surface area (Å²) in [7, 11) is 1.61. The number of hydrogen-bond acceptors (Lipinski definition) is 3. The molecule has 0 aromatic heterocycles. The van der Waals surface area contributed by atoms with Crippen LogP contribution in [0, 0.1) is 0 Å². The van der Waals surface area contributed by atoms with Crippen LogP contribution in [0.5, 0.6) is 5.75 Å². The molecule has 0 spiro atoms. The Kier molecular flexibility index (Phi) is 8.90. The molecule has 172 valence electrons. The normalized spacial score (nSPS) is 11.5. The lowest BCUT2D eigenvalue weighted by Crippen LogP contribution is -2.47. The molecule has 0 saturated carbocycles. The lowest BCUT2D eigenvalue weighted by Gasteiger charge is -2.29. The summed E-state index contributed by atoms with van der Waals surface area (Å²) < 4.78 is 5.22. The van der Waals surface area contributed by atoms with Crippen LogP contribution in [0.3, 0.4) is 0 Å². The maximum Gasteiger partial charge on any atom is 0.242 e. The number of carbonyl (C=O) groups is 2. The Balaban J connectivity index is 1.71. The van der Waals surface area contributed by atoms with Gasteiger partial charge in [-0.3, -0.25) is 9.59 Å². The Hall–Kier alpha value is -3.31. The predicted molar refractivity (Wildman–Crippen MR) is 131 cm³/mol. The molecule has 6 heteroatoms. The van der Waals surface area contributed by atoms with Crippen molar-refractivity contribution in [2.75, 3.05) is 7.11 Å². The number of halogens is 1. The summed E-state index contributed by atoms with van der Waals surface area (Å²) in [6.45, 7) is 2.39. The number of nitrogens with one attached hydrogen (secondary N) is 1. The summed E-state index contributed by atoms with van der Waals surface area (Å²) in [4.78, 5) is 27.8. The molecule has 0 fully saturated rings. The van der Waals surface area contributed by atoms with Gasteiger partial charge in [0.25, 0.3) is 0 Å². The van der Waals surface area contributed by atoms with Gasteiger partial charge in [0.05, 0.1) is 7.11 Å². The molecule has 3 rings (SSSR count). The molecule has 0 bridgehead atoms. The van der Waals surface area contributed by atoms with Crippen LogP contribution in [0.15, 0.2) is 78.9 Å². The van der Waals surface area contributed by atoms with E-state index in [0.717, 1.165) is 22.4 Å². The Morgan fingerprint density at radius 2 is 1.61 bits per heavy atom. The van der Waals surface area contributed by atoms with Gasteiger partial charge >= 0.3 is 0 Å². The second-order valence-electron chi connectivity index (χ2n) is 7.84. The van der Waals surface area contributed by atoms with Gasteiger partial charge < -0.3 is 15.0 Å². The first-order valence-corrected chi connectivity index (χ1v) is 11.3. The van der Waals surface area contributed by atoms with Crippen LogP contribution in [0.25, 0.3) is 0 Å². The SMILES string of the molecule is COc1ccc(CN(C(=O)CCc2ccccc2)C(C)C(=O)NCc2ccccc2Cl)cc1. The van der Waals surface area contributed by atoms with Crippen LogP contribution >= 0.6 is 11.6 Å². The van der Waals surface area contributed by atoms with Crippen molar-refractivity contribution in [1.82, 2.24) is 10.2 Å². The van der Waals surface area contributed by atoms with E-state index in [-0.39, 0.29) is 11.8 Å². The zero-order valence-corrected chi connectivity index (χ0v) is 19.7. The number of ether oxygens (including phenoxy) is 1. The van der Waals surface area contributed by atoms with E-state index in [9.17, 15) is 9.59 Å². The highest BCUT2D eigenvalue weighted by molar-refractivity contribution is 6.31. The third-order valence-corrected chi connectivity index (χ3v) is 5.93. The third kappa shape index (κ3) is 7.09. The second-order valence-corrected chi connectivity index (χ2v) is 8.25. The van der Waals surface area contributed by atoms with E-state index in [1.54, 1.807) is 25.0 Å². The summed E-state index contributed by atoms with van der Waals surface area (Å²) in [6, 6.07) is 24.1. The maximum atomic E-state index is 13.2. The highest BCUT2D eigenvalue weighted by Crippen LogP contribution is 2.17. The van der Waals surface area contributed by atoms with Gasteiger partial charge in [-0.1, -0.05) is 72.3 Å². The number of amides is 2. The maximum absolute atomic E-state index is 13.2. The average Bonchev–Trinajstić information content (AvgIpc) is 2.85. The molecular formula is C27H29ClN2O3. The zero-order valence-electron chi connectivity index (χ0n) is 19.0. The number of hydrogen-bond donors (Lipinski definition) is 1. The van der Waals surface area contributed by atoms with Crippen molar-refractivity contribution in [2.45, 2.75) is 38.9 Å². The molecule has 0 radical (unpaired) electrons. The molecule has 1 atom stereocenters. The summed E-state index contributed by atoms with van der Waals surface area (Å²) in [6.07, 6.45) is 0.940. The Bertz CT molecular complexity index is 1050. The molecule has 1 N–H and O–H groups in total. The number of carbonyl (C=O) groups excluding carboxylic acids is 2. The Labute approximate surface area is 200 Å². The van der Waals surface area contributed by atoms with Crippen LogP contribution in [-0.2, 0) is 29.1 Å². The zero-order chi connectivity index (χ0) is 23.6. The van der Waals surface area contributed by atoms with E-state index in [1.165, 1.54) is 0 Å². The smallest absolute Gasteiger partial charge is 0.242 e. The molecule has 1 unspecified atom stereocenters. The second kappa shape index (κ2) is 12.1. The molecule has 0 heterocycles. The van der Waals surface area contributed by atoms with Crippen molar-refractivity contribution in [1.29, 1.82) is 0 Å². The molecule has 33 heavy (non-hydrogen) atoms. The van der Waals surface area contributed by atoms with Crippen LogP contribution in [0.2, 0.25) is 5.02 Å². The fraction of sp³-hybridized carbons (Fsp3) is 0.259. The van der Waals surface area contributed by atoms with Crippen molar-refractivity contribution < 1.29 is 14.3 Å². The van der Waals surface area contributed by atoms with Crippen molar-refractivity contribution in [3.05, 3.63) is 101 Å². The van der Waals surface area contributed by atoms with Crippen LogP contribution < -0.4 is 10.1 Å². The molecule has 3 aromatic carbocycles. The first-order chi connectivity index (χ1) is 16.0. The summed E-state index contributed by atoms with van der Waals surface area (Å²) in [5.41, 5.74) is 2.84. The quantitative estimate of drug-likeness (QED) is 0.458. The fourth-order valence-corrected chi connectivity index (χ4v) is 3.72. The van der Waals surface area contributed by atoms with E-state index in [4.69, 9.17) is 16.3 Å². The van der Waals surface area contributed by atoms with E-state index in [2.05, 4.69) is 5.32 Å². The average molecular weight is 465 g/mol. The van der Waals surface area contributed by atoms with E-state index in [0.29, 0.717) is 31.0 Å². The van der Waals surface area contributed by atoms with E-state index in [1.807, 2.05) is 72.8 Å². The molecule has 0 aliphatic heterocycles. The van der Waals surface area contributed by atoms with Gasteiger partial charge in [-0.2, -0.15) is 0 Å². The van der Waals surface area contributed by atoms with Gasteiger partial charge in [0.15, 0.2) is 0 Å². The molecular weight excluding hydrogens is 436 g/mol. The monoisotopic (exact) mass is 464 g/mol. The van der Waals surface area contributed by atoms with Crippen molar-refractivity contribution >= 4 is 23.4 Å². The van der Waals surface area contributed by atoms with Crippen molar-refractivity contribution in [2.24, 2.45) is 0 Å². The highest BCUT2D eigenvalue weighted by atomic mass is 35.5. The van der Waals surface area contributed by atoms with E-state index >= 15 is 0 Å². The number of methoxy groups -OCH3 is 1. The lowest BCUT2D eigenvalue weighted by molar-refractivity contribution is -0.140. The standard InChI is InChI=1S/C27H29ClN2O3/c1-20(27(32)29-18-23-10-6-7-11-25(23)28)30(19-22-12-15-24(33-2)16-13-22)26(31)17-14-21-8-4-3-5-9-21/h3-13,15-16,20H,14,17-19H2,1-2H3,(H,29,32). The summed E-state index contributed by atoms with van der Waals surface area (Å²) in [5.74, 6) is 0.442. The predicted octanol–water partition coefficient (Wildman–Crippen LogP) is 5.01. The topological polar surface area (TPSA) is 58.6 Å². The molecule has 0 aliphatic rings. The molecule has 0 aliphatic carbocycles. The fourth-order valence-electron chi connectivity index (χ4n) is 3.52. The number of nitrogens with zero attached hydrogens (tertiary/aromatic N) is 1.